The zero-order chi connectivity index (χ0) is 14.2. The van der Waals surface area contributed by atoms with Crippen molar-refractivity contribution in [2.45, 2.75) is 39.5 Å². The van der Waals surface area contributed by atoms with Crippen LogP contribution < -0.4 is 0 Å². The van der Waals surface area contributed by atoms with E-state index in [2.05, 4.69) is 0 Å². The molecule has 0 amide bonds. The van der Waals surface area contributed by atoms with Crippen molar-refractivity contribution >= 4 is 14.4 Å². The zero-order valence-electron chi connectivity index (χ0n) is 11.6. The standard InChI is InChI=1S/C12H25O5P/c1-5-16-11(14)10(7-9(3)4)12(8-13,18-15)17-6-2/h9-10,13H,5-8,18H2,1-4H3. The van der Waals surface area contributed by atoms with Gasteiger partial charge in [0, 0.05) is 6.61 Å². The number of carbonyl (C=O) groups is 1. The predicted octanol–water partition coefficient (Wildman–Crippen LogP) is 1.69. The fraction of sp³-hybridized carbons (Fsp3) is 0.917. The van der Waals surface area contributed by atoms with Gasteiger partial charge in [-0.25, -0.2) is 0 Å². The molecule has 0 saturated heterocycles. The van der Waals surface area contributed by atoms with E-state index in [0.717, 1.165) is 0 Å². The van der Waals surface area contributed by atoms with Gasteiger partial charge >= 0.3 is 5.97 Å². The summed E-state index contributed by atoms with van der Waals surface area (Å²) >= 11 is 0. The maximum absolute atomic E-state index is 12.0. The highest BCUT2D eigenvalue weighted by Crippen LogP contribution is 2.37. The molecule has 0 aliphatic carbocycles. The van der Waals surface area contributed by atoms with Gasteiger partial charge in [0.1, 0.15) is 0 Å². The summed E-state index contributed by atoms with van der Waals surface area (Å²) in [6, 6.07) is 0. The van der Waals surface area contributed by atoms with Crippen LogP contribution in [0.25, 0.3) is 0 Å². The highest BCUT2D eigenvalue weighted by Gasteiger charge is 2.44. The first kappa shape index (κ1) is 17.6. The minimum atomic E-state index is -1.44. The first-order chi connectivity index (χ1) is 8.47. The minimum Gasteiger partial charge on any atom is -0.466 e. The van der Waals surface area contributed by atoms with E-state index < -0.39 is 32.3 Å². The average Bonchev–Trinajstić information content (AvgIpc) is 2.33. The maximum Gasteiger partial charge on any atom is 0.312 e. The van der Waals surface area contributed by atoms with Crippen LogP contribution in [-0.4, -0.2) is 36.2 Å². The van der Waals surface area contributed by atoms with E-state index in [0.29, 0.717) is 13.0 Å². The Morgan fingerprint density at radius 3 is 2.28 bits per heavy atom. The average molecular weight is 280 g/mol. The topological polar surface area (TPSA) is 72.8 Å². The van der Waals surface area contributed by atoms with Gasteiger partial charge in [-0.3, -0.25) is 4.79 Å². The van der Waals surface area contributed by atoms with Gasteiger partial charge in [0.15, 0.2) is 5.34 Å². The van der Waals surface area contributed by atoms with E-state index in [-0.39, 0.29) is 12.5 Å². The number of rotatable bonds is 9. The van der Waals surface area contributed by atoms with Crippen LogP contribution in [0.15, 0.2) is 0 Å². The molecule has 6 heteroatoms. The van der Waals surface area contributed by atoms with Crippen molar-refractivity contribution in [1.82, 2.24) is 0 Å². The van der Waals surface area contributed by atoms with Crippen molar-refractivity contribution < 1.29 is 23.9 Å². The number of aliphatic hydroxyl groups excluding tert-OH is 1. The van der Waals surface area contributed by atoms with Crippen molar-refractivity contribution in [3.05, 3.63) is 0 Å². The quantitative estimate of drug-likeness (QED) is 0.514. The van der Waals surface area contributed by atoms with Crippen LogP contribution in [-0.2, 0) is 18.8 Å². The summed E-state index contributed by atoms with van der Waals surface area (Å²) in [7, 11) is -1.44. The van der Waals surface area contributed by atoms with Crippen LogP contribution in [0, 0.1) is 11.8 Å². The molecule has 0 saturated carbocycles. The summed E-state index contributed by atoms with van der Waals surface area (Å²) in [5, 5.41) is 8.21. The molecule has 108 valence electrons. The molecular formula is C12H25O5P. The lowest BCUT2D eigenvalue weighted by Gasteiger charge is -2.34. The number of aliphatic hydroxyl groups is 1. The van der Waals surface area contributed by atoms with Crippen molar-refractivity contribution in [3.8, 4) is 0 Å². The Labute approximate surface area is 110 Å². The highest BCUT2D eigenvalue weighted by atomic mass is 31.1. The van der Waals surface area contributed by atoms with Gasteiger partial charge in [-0.05, 0) is 26.2 Å². The van der Waals surface area contributed by atoms with Crippen LogP contribution in [0.2, 0.25) is 0 Å². The lowest BCUT2D eigenvalue weighted by atomic mass is 9.91. The van der Waals surface area contributed by atoms with Gasteiger partial charge in [-0.2, -0.15) is 0 Å². The molecule has 0 heterocycles. The molecule has 0 radical (unpaired) electrons. The van der Waals surface area contributed by atoms with E-state index in [1.165, 1.54) is 0 Å². The normalized spacial score (nSPS) is 17.0. The Bertz CT molecular complexity index is 269. The molecule has 3 unspecified atom stereocenters. The molecule has 0 fully saturated rings. The molecule has 0 aromatic rings. The third kappa shape index (κ3) is 4.71. The van der Waals surface area contributed by atoms with Gasteiger partial charge in [0.05, 0.1) is 27.6 Å². The van der Waals surface area contributed by atoms with E-state index in [4.69, 9.17) is 9.47 Å². The van der Waals surface area contributed by atoms with Crippen LogP contribution in [0.5, 0.6) is 0 Å². The fourth-order valence-electron chi connectivity index (χ4n) is 1.89. The third-order valence-electron chi connectivity index (χ3n) is 2.73. The molecule has 0 bridgehead atoms. The van der Waals surface area contributed by atoms with Crippen molar-refractivity contribution in [3.63, 3.8) is 0 Å². The second kappa shape index (κ2) is 8.68. The van der Waals surface area contributed by atoms with Crippen molar-refractivity contribution in [2.24, 2.45) is 11.8 Å². The first-order valence-corrected chi connectivity index (χ1v) is 7.40. The molecular weight excluding hydrogens is 255 g/mol. The maximum atomic E-state index is 12.0. The molecule has 0 spiro atoms. The third-order valence-corrected chi connectivity index (χ3v) is 3.88. The minimum absolute atomic E-state index is 0.219. The number of esters is 1. The Kier molecular flexibility index (Phi) is 8.49. The lowest BCUT2D eigenvalue weighted by Crippen LogP contribution is -2.44. The summed E-state index contributed by atoms with van der Waals surface area (Å²) in [4.78, 5) is 12.0. The number of carbonyl (C=O) groups excluding carboxylic acids is 1. The monoisotopic (exact) mass is 280 g/mol. The molecule has 5 nitrogen and oxygen atoms in total. The Morgan fingerprint density at radius 1 is 1.33 bits per heavy atom. The summed E-state index contributed by atoms with van der Waals surface area (Å²) < 4.78 is 21.9. The van der Waals surface area contributed by atoms with Gasteiger partial charge in [-0.1, -0.05) is 13.8 Å². The van der Waals surface area contributed by atoms with E-state index in [9.17, 15) is 14.5 Å². The lowest BCUT2D eigenvalue weighted by molar-refractivity contribution is -0.159. The molecule has 1 N–H and O–H groups in total. The van der Waals surface area contributed by atoms with Crippen LogP contribution >= 0.6 is 8.46 Å². The Morgan fingerprint density at radius 2 is 1.94 bits per heavy atom. The van der Waals surface area contributed by atoms with Crippen molar-refractivity contribution in [2.75, 3.05) is 19.8 Å². The summed E-state index contributed by atoms with van der Waals surface area (Å²) in [6.07, 6.45) is 0.481. The first-order valence-electron chi connectivity index (χ1n) is 6.35. The number of hydrogen-bond donors (Lipinski definition) is 1. The van der Waals surface area contributed by atoms with E-state index >= 15 is 0 Å². The highest BCUT2D eigenvalue weighted by molar-refractivity contribution is 7.25. The number of ether oxygens (including phenoxy) is 2. The smallest absolute Gasteiger partial charge is 0.312 e. The molecule has 0 aromatic heterocycles. The second-order valence-electron chi connectivity index (χ2n) is 4.60. The van der Waals surface area contributed by atoms with E-state index in [1.807, 2.05) is 13.8 Å². The summed E-state index contributed by atoms with van der Waals surface area (Å²) in [5.74, 6) is -0.913. The van der Waals surface area contributed by atoms with Gasteiger partial charge in [-0.15, -0.1) is 0 Å². The van der Waals surface area contributed by atoms with E-state index in [1.54, 1.807) is 13.8 Å². The summed E-state index contributed by atoms with van der Waals surface area (Å²) in [6.45, 7) is 7.50. The van der Waals surface area contributed by atoms with Gasteiger partial charge < -0.3 is 19.1 Å². The summed E-state index contributed by atoms with van der Waals surface area (Å²) in [5.41, 5.74) is 0. The molecule has 0 aromatic carbocycles. The molecule has 0 aliphatic heterocycles. The Balaban J connectivity index is 5.20. The molecule has 0 aliphatic rings. The van der Waals surface area contributed by atoms with Crippen LogP contribution in [0.3, 0.4) is 0 Å². The molecule has 3 atom stereocenters. The van der Waals surface area contributed by atoms with Crippen molar-refractivity contribution in [1.29, 1.82) is 0 Å². The second-order valence-corrected chi connectivity index (χ2v) is 5.81. The predicted molar refractivity (Wildman–Crippen MR) is 71.4 cm³/mol. The van der Waals surface area contributed by atoms with Crippen LogP contribution in [0.1, 0.15) is 34.1 Å². The molecule has 0 rings (SSSR count). The molecule has 18 heavy (non-hydrogen) atoms. The SMILES string of the molecule is CCOC(=O)C(CC(C)C)C(CO)(OCC)[PH2]=O. The zero-order valence-corrected chi connectivity index (χ0v) is 12.8. The van der Waals surface area contributed by atoms with Gasteiger partial charge in [0.25, 0.3) is 0 Å². The van der Waals surface area contributed by atoms with Gasteiger partial charge in [0.2, 0.25) is 0 Å². The Hall–Kier alpha value is -0.380. The fourth-order valence-corrected chi connectivity index (χ4v) is 2.63. The largest absolute Gasteiger partial charge is 0.466 e. The number of hydrogen-bond acceptors (Lipinski definition) is 5. The van der Waals surface area contributed by atoms with Crippen LogP contribution in [0.4, 0.5) is 0 Å².